The average molecular weight is 285 g/mol. The molecule has 0 spiro atoms. The number of carbonyl (C=O) groups is 1. The Morgan fingerprint density at radius 2 is 1.95 bits per heavy atom. The fourth-order valence-electron chi connectivity index (χ4n) is 3.20. The molecule has 19 heavy (non-hydrogen) atoms. The van der Waals surface area contributed by atoms with E-state index in [1.807, 2.05) is 11.8 Å². The van der Waals surface area contributed by atoms with Crippen LogP contribution in [0.4, 0.5) is 0 Å². The fraction of sp³-hybridized carbons (Fsp3) is 0.643. The van der Waals surface area contributed by atoms with E-state index < -0.39 is 0 Å². The van der Waals surface area contributed by atoms with E-state index in [9.17, 15) is 4.79 Å². The van der Waals surface area contributed by atoms with Gasteiger partial charge < -0.3 is 14.6 Å². The van der Waals surface area contributed by atoms with Gasteiger partial charge in [-0.15, -0.1) is 12.4 Å². The fourth-order valence-corrected chi connectivity index (χ4v) is 3.20. The lowest BCUT2D eigenvalue weighted by molar-refractivity contribution is 0.0757. The summed E-state index contributed by atoms with van der Waals surface area (Å²) in [5.41, 5.74) is 0.722. The van der Waals surface area contributed by atoms with Gasteiger partial charge in [-0.25, -0.2) is 0 Å². The average Bonchev–Trinajstić information content (AvgIpc) is 2.94. The summed E-state index contributed by atoms with van der Waals surface area (Å²) in [5, 5.41) is 3.45. The Hall–Kier alpha value is -1.00. The van der Waals surface area contributed by atoms with Crippen LogP contribution in [0.3, 0.4) is 0 Å². The molecule has 0 unspecified atom stereocenters. The molecule has 0 bridgehead atoms. The summed E-state index contributed by atoms with van der Waals surface area (Å²) in [5.74, 6) is 2.38. The second-order valence-corrected chi connectivity index (χ2v) is 5.44. The first-order valence-electron chi connectivity index (χ1n) is 6.80. The van der Waals surface area contributed by atoms with E-state index in [0.29, 0.717) is 0 Å². The molecule has 5 heteroatoms. The summed E-state index contributed by atoms with van der Waals surface area (Å²) in [6.07, 6.45) is 3.85. The van der Waals surface area contributed by atoms with Crippen LogP contribution in [0, 0.1) is 18.8 Å². The van der Waals surface area contributed by atoms with Crippen LogP contribution in [0.1, 0.15) is 29.0 Å². The second kappa shape index (κ2) is 5.97. The third-order valence-corrected chi connectivity index (χ3v) is 4.40. The number of nitrogens with zero attached hydrogens (tertiary/aromatic N) is 1. The Morgan fingerprint density at radius 3 is 2.47 bits per heavy atom. The Balaban J connectivity index is 0.00000133. The molecule has 1 amide bonds. The predicted molar refractivity (Wildman–Crippen MR) is 75.7 cm³/mol. The number of likely N-dealkylation sites (tertiary alicyclic amines) is 1. The number of amides is 1. The molecule has 2 aliphatic rings. The van der Waals surface area contributed by atoms with Gasteiger partial charge >= 0.3 is 0 Å². The minimum atomic E-state index is 0. The standard InChI is InChI=1S/C14H20N2O2.ClH/c1-10-13(4-7-18-10)14(17)16-5-2-11-8-15-9-12(11)3-6-16;/h4,7,11-12,15H,2-3,5-6,8-9H2,1H3;1H/t11-,12+;. The van der Waals surface area contributed by atoms with Crippen molar-refractivity contribution in [2.45, 2.75) is 19.8 Å². The smallest absolute Gasteiger partial charge is 0.257 e. The SMILES string of the molecule is Cc1occc1C(=O)N1CC[C@@H]2CNC[C@@H]2CC1.Cl. The number of rotatable bonds is 1. The minimum Gasteiger partial charge on any atom is -0.469 e. The topological polar surface area (TPSA) is 45.5 Å². The van der Waals surface area contributed by atoms with Crippen molar-refractivity contribution in [3.8, 4) is 0 Å². The van der Waals surface area contributed by atoms with Crippen LogP contribution in [-0.4, -0.2) is 37.0 Å². The van der Waals surface area contributed by atoms with E-state index in [4.69, 9.17) is 4.42 Å². The Labute approximate surface area is 119 Å². The van der Waals surface area contributed by atoms with Crippen molar-refractivity contribution in [2.24, 2.45) is 11.8 Å². The van der Waals surface area contributed by atoms with Gasteiger partial charge in [-0.2, -0.15) is 0 Å². The number of hydrogen-bond acceptors (Lipinski definition) is 3. The predicted octanol–water partition coefficient (Wildman–Crippen LogP) is 2.08. The Bertz CT molecular complexity index is 432. The zero-order valence-electron chi connectivity index (χ0n) is 11.2. The Morgan fingerprint density at radius 1 is 1.32 bits per heavy atom. The number of furan rings is 1. The molecule has 0 aliphatic carbocycles. The quantitative estimate of drug-likeness (QED) is 0.859. The maximum Gasteiger partial charge on any atom is 0.257 e. The first kappa shape index (κ1) is 14.4. The summed E-state index contributed by atoms with van der Waals surface area (Å²) in [6, 6.07) is 1.78. The van der Waals surface area contributed by atoms with E-state index in [0.717, 1.165) is 62.2 Å². The summed E-state index contributed by atoms with van der Waals surface area (Å²) in [6.45, 7) is 5.86. The zero-order chi connectivity index (χ0) is 12.5. The van der Waals surface area contributed by atoms with Crippen LogP contribution in [0.15, 0.2) is 16.7 Å². The monoisotopic (exact) mass is 284 g/mol. The van der Waals surface area contributed by atoms with E-state index in [-0.39, 0.29) is 18.3 Å². The highest BCUT2D eigenvalue weighted by Gasteiger charge is 2.32. The summed E-state index contributed by atoms with van der Waals surface area (Å²) in [4.78, 5) is 14.4. The number of hydrogen-bond donors (Lipinski definition) is 1. The number of halogens is 1. The molecule has 2 fully saturated rings. The molecule has 4 nitrogen and oxygen atoms in total. The molecule has 2 atom stereocenters. The Kier molecular flexibility index (Phi) is 4.53. The molecular formula is C14H21ClN2O2. The van der Waals surface area contributed by atoms with Gasteiger partial charge in [0.2, 0.25) is 0 Å². The van der Waals surface area contributed by atoms with Gasteiger partial charge in [0.15, 0.2) is 0 Å². The van der Waals surface area contributed by atoms with Crippen molar-refractivity contribution >= 4 is 18.3 Å². The largest absolute Gasteiger partial charge is 0.469 e. The molecule has 0 saturated carbocycles. The normalized spacial score (nSPS) is 26.5. The van der Waals surface area contributed by atoms with Gasteiger partial charge in [-0.1, -0.05) is 0 Å². The van der Waals surface area contributed by atoms with Crippen LogP contribution >= 0.6 is 12.4 Å². The molecule has 0 radical (unpaired) electrons. The number of aryl methyl sites for hydroxylation is 1. The molecule has 106 valence electrons. The van der Waals surface area contributed by atoms with Gasteiger partial charge in [-0.05, 0) is 50.8 Å². The molecule has 0 aromatic carbocycles. The van der Waals surface area contributed by atoms with Crippen LogP contribution in [0.25, 0.3) is 0 Å². The van der Waals surface area contributed by atoms with Crippen molar-refractivity contribution < 1.29 is 9.21 Å². The third kappa shape index (κ3) is 2.79. The first-order chi connectivity index (χ1) is 8.75. The highest BCUT2D eigenvalue weighted by molar-refractivity contribution is 5.95. The van der Waals surface area contributed by atoms with Crippen molar-refractivity contribution in [3.63, 3.8) is 0 Å². The van der Waals surface area contributed by atoms with Gasteiger partial charge in [0.05, 0.1) is 11.8 Å². The molecule has 1 aromatic rings. The molecule has 2 aliphatic heterocycles. The van der Waals surface area contributed by atoms with Gasteiger partial charge in [0.25, 0.3) is 5.91 Å². The zero-order valence-corrected chi connectivity index (χ0v) is 12.0. The first-order valence-corrected chi connectivity index (χ1v) is 6.80. The number of carbonyl (C=O) groups excluding carboxylic acids is 1. The number of fused-ring (bicyclic) bond motifs is 1. The second-order valence-electron chi connectivity index (χ2n) is 5.44. The summed E-state index contributed by atoms with van der Waals surface area (Å²) < 4.78 is 5.22. The van der Waals surface area contributed by atoms with E-state index in [1.165, 1.54) is 0 Å². The number of nitrogens with one attached hydrogen (secondary N) is 1. The maximum absolute atomic E-state index is 12.4. The van der Waals surface area contributed by atoms with Crippen LogP contribution in [0.2, 0.25) is 0 Å². The molecule has 2 saturated heterocycles. The molecule has 1 aromatic heterocycles. The third-order valence-electron chi connectivity index (χ3n) is 4.40. The summed E-state index contributed by atoms with van der Waals surface area (Å²) in [7, 11) is 0. The molecular weight excluding hydrogens is 264 g/mol. The van der Waals surface area contributed by atoms with Crippen LogP contribution in [-0.2, 0) is 0 Å². The van der Waals surface area contributed by atoms with Crippen molar-refractivity contribution in [3.05, 3.63) is 23.7 Å². The van der Waals surface area contributed by atoms with Crippen LogP contribution in [0.5, 0.6) is 0 Å². The van der Waals surface area contributed by atoms with E-state index in [2.05, 4.69) is 5.32 Å². The van der Waals surface area contributed by atoms with Gasteiger partial charge in [0, 0.05) is 13.1 Å². The molecule has 3 rings (SSSR count). The minimum absolute atomic E-state index is 0. The molecule has 1 N–H and O–H groups in total. The lowest BCUT2D eigenvalue weighted by Crippen LogP contribution is -2.32. The maximum atomic E-state index is 12.4. The van der Waals surface area contributed by atoms with Gasteiger partial charge in [0.1, 0.15) is 5.76 Å². The highest BCUT2D eigenvalue weighted by atomic mass is 35.5. The van der Waals surface area contributed by atoms with Crippen molar-refractivity contribution in [1.82, 2.24) is 10.2 Å². The van der Waals surface area contributed by atoms with Crippen molar-refractivity contribution in [1.29, 1.82) is 0 Å². The van der Waals surface area contributed by atoms with Crippen LogP contribution < -0.4 is 5.32 Å². The van der Waals surface area contributed by atoms with E-state index in [1.54, 1.807) is 12.3 Å². The lowest BCUT2D eigenvalue weighted by atomic mass is 9.92. The van der Waals surface area contributed by atoms with E-state index >= 15 is 0 Å². The molecule has 3 heterocycles. The highest BCUT2D eigenvalue weighted by Crippen LogP contribution is 2.28. The van der Waals surface area contributed by atoms with Crippen molar-refractivity contribution in [2.75, 3.05) is 26.2 Å². The van der Waals surface area contributed by atoms with Gasteiger partial charge in [-0.3, -0.25) is 4.79 Å². The lowest BCUT2D eigenvalue weighted by Gasteiger charge is -2.20. The summed E-state index contributed by atoms with van der Waals surface area (Å²) >= 11 is 0.